The van der Waals surface area contributed by atoms with E-state index in [0.717, 1.165) is 5.69 Å². The second kappa shape index (κ2) is 12.8. The number of ether oxygens (including phenoxy) is 3. The molecule has 1 unspecified atom stereocenters. The van der Waals surface area contributed by atoms with Crippen molar-refractivity contribution in [3.05, 3.63) is 42.2 Å². The van der Waals surface area contributed by atoms with Crippen LogP contribution in [0.2, 0.25) is 0 Å². The summed E-state index contributed by atoms with van der Waals surface area (Å²) in [5, 5.41) is 17.0. The van der Waals surface area contributed by atoms with E-state index in [-0.39, 0.29) is 37.6 Å². The van der Waals surface area contributed by atoms with Gasteiger partial charge in [-0.1, -0.05) is 0 Å². The van der Waals surface area contributed by atoms with E-state index in [4.69, 9.17) is 14.2 Å². The maximum atomic E-state index is 12.4. The number of hydrogen-bond acceptors (Lipinski definition) is 7. The van der Waals surface area contributed by atoms with Crippen molar-refractivity contribution < 1.29 is 28.9 Å². The molecule has 1 atom stereocenters. The minimum atomic E-state index is -0.805. The lowest BCUT2D eigenvalue weighted by Crippen LogP contribution is -2.39. The van der Waals surface area contributed by atoms with Gasteiger partial charge in [0, 0.05) is 18.9 Å². The Bertz CT molecular complexity index is 852. The zero-order valence-electron chi connectivity index (χ0n) is 19.0. The fraction of sp³-hybridized carbons (Fsp3) is 0.500. The van der Waals surface area contributed by atoms with Crippen molar-refractivity contribution in [2.24, 2.45) is 0 Å². The molecule has 0 fully saturated rings. The third-order valence-electron chi connectivity index (χ3n) is 4.28. The number of carbonyl (C=O) groups is 2. The summed E-state index contributed by atoms with van der Waals surface area (Å²) in [5.41, 5.74) is 1.53. The topological polar surface area (TPSA) is 115 Å². The third kappa shape index (κ3) is 8.29. The molecule has 0 aliphatic carbocycles. The number of aliphatic hydroxyl groups excluding tert-OH is 1. The number of urea groups is 1. The average Bonchev–Trinajstić information content (AvgIpc) is 3.24. The summed E-state index contributed by atoms with van der Waals surface area (Å²) >= 11 is 0. The second-order valence-corrected chi connectivity index (χ2v) is 7.37. The molecule has 0 aliphatic rings. The van der Waals surface area contributed by atoms with Crippen LogP contribution in [0.1, 0.15) is 31.3 Å². The zero-order chi connectivity index (χ0) is 23.5. The quantitative estimate of drug-likeness (QED) is 0.378. The fourth-order valence-electron chi connectivity index (χ4n) is 2.71. The van der Waals surface area contributed by atoms with Gasteiger partial charge in [0.15, 0.2) is 5.69 Å². The lowest BCUT2D eigenvalue weighted by Gasteiger charge is -2.21. The maximum Gasteiger partial charge on any atom is 0.358 e. The molecular weight excluding hydrogens is 416 g/mol. The van der Waals surface area contributed by atoms with Crippen LogP contribution in [0.25, 0.3) is 5.69 Å². The van der Waals surface area contributed by atoms with E-state index in [0.29, 0.717) is 18.9 Å². The molecule has 0 saturated heterocycles. The third-order valence-corrected chi connectivity index (χ3v) is 4.28. The van der Waals surface area contributed by atoms with Crippen LogP contribution in [0.15, 0.2) is 36.5 Å². The van der Waals surface area contributed by atoms with Crippen molar-refractivity contribution in [2.45, 2.75) is 33.0 Å². The number of benzene rings is 1. The molecule has 10 nitrogen and oxygen atoms in total. The van der Waals surface area contributed by atoms with Gasteiger partial charge in [-0.25, -0.2) is 14.3 Å². The molecule has 0 aliphatic heterocycles. The highest BCUT2D eigenvalue weighted by Crippen LogP contribution is 2.14. The van der Waals surface area contributed by atoms with Gasteiger partial charge in [0.25, 0.3) is 0 Å². The Morgan fingerprint density at radius 1 is 1.19 bits per heavy atom. The number of likely N-dealkylation sites (N-methyl/N-ethyl adjacent to an activating group) is 1. The first-order valence-corrected chi connectivity index (χ1v) is 10.5. The maximum absolute atomic E-state index is 12.4. The Morgan fingerprint density at radius 3 is 2.56 bits per heavy atom. The van der Waals surface area contributed by atoms with Crippen molar-refractivity contribution in [2.75, 3.05) is 45.3 Å². The fourth-order valence-corrected chi connectivity index (χ4v) is 2.71. The lowest BCUT2D eigenvalue weighted by molar-refractivity contribution is -0.0144. The summed E-state index contributed by atoms with van der Waals surface area (Å²) in [4.78, 5) is 25.5. The van der Waals surface area contributed by atoms with Crippen LogP contribution in [0.5, 0.6) is 0 Å². The molecule has 10 heteroatoms. The van der Waals surface area contributed by atoms with E-state index in [9.17, 15) is 14.7 Å². The average molecular weight is 449 g/mol. The van der Waals surface area contributed by atoms with E-state index < -0.39 is 12.1 Å². The zero-order valence-corrected chi connectivity index (χ0v) is 19.0. The number of nitrogens with zero attached hydrogens (tertiary/aromatic N) is 3. The number of aliphatic hydroxyl groups is 1. The minimum Gasteiger partial charge on any atom is -0.461 e. The van der Waals surface area contributed by atoms with Crippen molar-refractivity contribution in [1.29, 1.82) is 0 Å². The summed E-state index contributed by atoms with van der Waals surface area (Å²) in [6.07, 6.45) is 0.987. The predicted molar refractivity (Wildman–Crippen MR) is 119 cm³/mol. The molecule has 2 N–H and O–H groups in total. The molecule has 1 aromatic heterocycles. The standard InChI is InChI=1S/C22H32N4O6/c1-5-31-21(28)20-10-11-26(24-20)18-8-6-17(7-9-18)23-22(29)25(4)14-19(27)15-30-12-13-32-16(2)3/h6-11,16,19,27H,5,12-15H2,1-4H3,(H,23,29). The van der Waals surface area contributed by atoms with E-state index in [1.807, 2.05) is 13.8 Å². The SMILES string of the molecule is CCOC(=O)c1ccn(-c2ccc(NC(=O)N(C)CC(O)COCCOC(C)C)cc2)n1. The molecule has 0 spiro atoms. The highest BCUT2D eigenvalue weighted by atomic mass is 16.5. The largest absolute Gasteiger partial charge is 0.461 e. The molecule has 176 valence electrons. The normalized spacial score (nSPS) is 11.9. The first-order valence-electron chi connectivity index (χ1n) is 10.5. The number of carbonyl (C=O) groups excluding carboxylic acids is 2. The Kier molecular flexibility index (Phi) is 10.1. The molecule has 32 heavy (non-hydrogen) atoms. The minimum absolute atomic E-state index is 0.116. The molecule has 2 aromatic rings. The van der Waals surface area contributed by atoms with Crippen molar-refractivity contribution >= 4 is 17.7 Å². The monoisotopic (exact) mass is 448 g/mol. The summed E-state index contributed by atoms with van der Waals surface area (Å²) in [6.45, 7) is 6.98. The van der Waals surface area contributed by atoms with Crippen LogP contribution in [0, 0.1) is 0 Å². The van der Waals surface area contributed by atoms with Gasteiger partial charge in [0.1, 0.15) is 0 Å². The van der Waals surface area contributed by atoms with Crippen LogP contribution in [0.4, 0.5) is 10.5 Å². The summed E-state index contributed by atoms with van der Waals surface area (Å²) in [5.74, 6) is -0.477. The van der Waals surface area contributed by atoms with Gasteiger partial charge in [-0.3, -0.25) is 0 Å². The molecule has 1 aromatic carbocycles. The number of amides is 2. The smallest absolute Gasteiger partial charge is 0.358 e. The molecule has 0 radical (unpaired) electrons. The Morgan fingerprint density at radius 2 is 1.91 bits per heavy atom. The van der Waals surface area contributed by atoms with Crippen molar-refractivity contribution in [3.8, 4) is 5.69 Å². The van der Waals surface area contributed by atoms with Gasteiger partial charge in [-0.05, 0) is 51.1 Å². The van der Waals surface area contributed by atoms with Crippen LogP contribution in [-0.4, -0.2) is 84.0 Å². The van der Waals surface area contributed by atoms with Crippen molar-refractivity contribution in [1.82, 2.24) is 14.7 Å². The number of aromatic nitrogens is 2. The summed E-state index contributed by atoms with van der Waals surface area (Å²) in [6, 6.07) is 8.19. The van der Waals surface area contributed by atoms with Gasteiger partial charge in [0.2, 0.25) is 0 Å². The number of nitrogens with one attached hydrogen (secondary N) is 1. The van der Waals surface area contributed by atoms with Crippen LogP contribution in [0.3, 0.4) is 0 Å². The van der Waals surface area contributed by atoms with Crippen LogP contribution in [-0.2, 0) is 14.2 Å². The van der Waals surface area contributed by atoms with Gasteiger partial charge < -0.3 is 29.5 Å². The molecule has 2 amide bonds. The van der Waals surface area contributed by atoms with E-state index >= 15 is 0 Å². The first kappa shape index (κ1) is 25.3. The van der Waals surface area contributed by atoms with Crippen molar-refractivity contribution in [3.63, 3.8) is 0 Å². The van der Waals surface area contributed by atoms with E-state index in [1.54, 1.807) is 55.2 Å². The molecule has 0 bridgehead atoms. The van der Waals surface area contributed by atoms with Crippen LogP contribution >= 0.6 is 0 Å². The second-order valence-electron chi connectivity index (χ2n) is 7.37. The van der Waals surface area contributed by atoms with Gasteiger partial charge >= 0.3 is 12.0 Å². The lowest BCUT2D eigenvalue weighted by atomic mass is 10.3. The molecular formula is C22H32N4O6. The first-order chi connectivity index (χ1) is 15.3. The van der Waals surface area contributed by atoms with Crippen LogP contribution < -0.4 is 5.32 Å². The number of esters is 1. The molecule has 0 saturated carbocycles. The molecule has 1 heterocycles. The Hall–Kier alpha value is -2.95. The number of anilines is 1. The molecule has 2 rings (SSSR count). The highest BCUT2D eigenvalue weighted by Gasteiger charge is 2.15. The van der Waals surface area contributed by atoms with Gasteiger partial charge in [-0.15, -0.1) is 0 Å². The number of rotatable bonds is 12. The highest BCUT2D eigenvalue weighted by molar-refractivity contribution is 5.89. The summed E-state index contributed by atoms with van der Waals surface area (Å²) < 4.78 is 17.2. The van der Waals surface area contributed by atoms with Gasteiger partial charge in [0.05, 0.1) is 50.9 Å². The predicted octanol–water partition coefficient (Wildman–Crippen LogP) is 2.32. The van der Waals surface area contributed by atoms with E-state index in [2.05, 4.69) is 10.4 Å². The summed E-state index contributed by atoms with van der Waals surface area (Å²) in [7, 11) is 1.59. The Labute approximate surface area is 188 Å². The Balaban J connectivity index is 1.80. The van der Waals surface area contributed by atoms with E-state index in [1.165, 1.54) is 4.90 Å². The van der Waals surface area contributed by atoms with Gasteiger partial charge in [-0.2, -0.15) is 5.10 Å². The number of hydrogen-bond donors (Lipinski definition) is 2.